The van der Waals surface area contributed by atoms with Crippen molar-refractivity contribution in [3.05, 3.63) is 47.7 Å². The van der Waals surface area contributed by atoms with E-state index in [1.807, 2.05) is 19.9 Å². The number of aryl methyl sites for hydroxylation is 1. The van der Waals surface area contributed by atoms with Gasteiger partial charge in [0.15, 0.2) is 5.58 Å². The second-order valence-electron chi connectivity index (χ2n) is 6.34. The third-order valence-electron chi connectivity index (χ3n) is 4.98. The van der Waals surface area contributed by atoms with Crippen molar-refractivity contribution in [2.75, 3.05) is 7.11 Å². The molecule has 1 aliphatic rings. The van der Waals surface area contributed by atoms with Crippen LogP contribution in [-0.4, -0.2) is 12.1 Å². The predicted molar refractivity (Wildman–Crippen MR) is 102 cm³/mol. The van der Waals surface area contributed by atoms with E-state index in [4.69, 9.17) is 14.9 Å². The highest BCUT2D eigenvalue weighted by molar-refractivity contribution is 5.90. The summed E-state index contributed by atoms with van der Waals surface area (Å²) >= 11 is 0. The summed E-state index contributed by atoms with van der Waals surface area (Å²) in [6, 6.07) is 10.4. The first-order valence-corrected chi connectivity index (χ1v) is 8.94. The molecule has 1 aliphatic carbocycles. The molecule has 0 saturated heterocycles. The minimum atomic E-state index is -0.130. The highest BCUT2D eigenvalue weighted by Crippen LogP contribution is 2.40. The molecule has 25 heavy (non-hydrogen) atoms. The Morgan fingerprint density at radius 3 is 2.36 bits per heavy atom. The molecule has 1 aromatic carbocycles. The van der Waals surface area contributed by atoms with Crippen molar-refractivity contribution in [1.29, 1.82) is 0 Å². The molecule has 0 amide bonds. The number of furan rings is 1. The standard InChI is InChI=1S/C19H20N2O2.C2H6/c1-12-15-8-11-21-18(22-2)17(15)23-16(12)13-4-6-14(7-5-13)19(20)9-3-10-19;1-2/h4-8,11H,3,9-10,20H2,1-2H3;1-2H3. The van der Waals surface area contributed by atoms with Crippen LogP contribution in [0, 0.1) is 6.92 Å². The number of nitrogens with zero attached hydrogens (tertiary/aromatic N) is 1. The van der Waals surface area contributed by atoms with Crippen LogP contribution in [0.4, 0.5) is 0 Å². The number of hydrogen-bond acceptors (Lipinski definition) is 4. The average Bonchev–Trinajstić information content (AvgIpc) is 2.98. The highest BCUT2D eigenvalue weighted by atomic mass is 16.5. The summed E-state index contributed by atoms with van der Waals surface area (Å²) < 4.78 is 11.4. The molecule has 4 rings (SSSR count). The van der Waals surface area contributed by atoms with Crippen molar-refractivity contribution in [3.63, 3.8) is 0 Å². The largest absolute Gasteiger partial charge is 0.478 e. The van der Waals surface area contributed by atoms with E-state index in [1.54, 1.807) is 13.3 Å². The van der Waals surface area contributed by atoms with Crippen LogP contribution >= 0.6 is 0 Å². The third kappa shape index (κ3) is 2.91. The summed E-state index contributed by atoms with van der Waals surface area (Å²) in [6.45, 7) is 6.06. The molecular weight excluding hydrogens is 312 g/mol. The van der Waals surface area contributed by atoms with Gasteiger partial charge in [-0.25, -0.2) is 4.98 Å². The lowest BCUT2D eigenvalue weighted by Crippen LogP contribution is -2.43. The average molecular weight is 338 g/mol. The Bertz CT molecular complexity index is 861. The van der Waals surface area contributed by atoms with Crippen LogP contribution in [0.15, 0.2) is 40.9 Å². The van der Waals surface area contributed by atoms with Crippen LogP contribution < -0.4 is 10.5 Å². The first kappa shape index (κ1) is 17.5. The molecule has 132 valence electrons. The third-order valence-corrected chi connectivity index (χ3v) is 4.98. The van der Waals surface area contributed by atoms with Gasteiger partial charge in [-0.05, 0) is 37.8 Å². The Kier molecular flexibility index (Phi) is 4.82. The van der Waals surface area contributed by atoms with Crippen molar-refractivity contribution in [2.45, 2.75) is 45.6 Å². The van der Waals surface area contributed by atoms with E-state index in [0.717, 1.165) is 35.1 Å². The summed E-state index contributed by atoms with van der Waals surface area (Å²) in [4.78, 5) is 4.21. The van der Waals surface area contributed by atoms with Crippen LogP contribution in [0.1, 0.15) is 44.2 Å². The molecular formula is C21H26N2O2. The lowest BCUT2D eigenvalue weighted by molar-refractivity contribution is 0.253. The quantitative estimate of drug-likeness (QED) is 0.715. The number of methoxy groups -OCH3 is 1. The zero-order chi connectivity index (χ0) is 18.0. The summed E-state index contributed by atoms with van der Waals surface area (Å²) in [5.41, 5.74) is 10.3. The smallest absolute Gasteiger partial charge is 0.258 e. The van der Waals surface area contributed by atoms with E-state index in [1.165, 1.54) is 12.0 Å². The molecule has 0 aliphatic heterocycles. The van der Waals surface area contributed by atoms with Crippen molar-refractivity contribution in [3.8, 4) is 17.2 Å². The molecule has 1 fully saturated rings. The number of hydrogen-bond donors (Lipinski definition) is 1. The molecule has 0 radical (unpaired) electrons. The fourth-order valence-corrected chi connectivity index (χ4v) is 3.34. The van der Waals surface area contributed by atoms with E-state index in [2.05, 4.69) is 36.2 Å². The van der Waals surface area contributed by atoms with Gasteiger partial charge in [-0.2, -0.15) is 0 Å². The number of ether oxygens (including phenoxy) is 1. The zero-order valence-electron chi connectivity index (χ0n) is 15.4. The molecule has 0 bridgehead atoms. The maximum atomic E-state index is 6.39. The van der Waals surface area contributed by atoms with Gasteiger partial charge in [-0.3, -0.25) is 0 Å². The first-order chi connectivity index (χ1) is 12.1. The molecule has 2 N–H and O–H groups in total. The number of fused-ring (bicyclic) bond motifs is 1. The minimum Gasteiger partial charge on any atom is -0.478 e. The van der Waals surface area contributed by atoms with Crippen LogP contribution in [0.3, 0.4) is 0 Å². The Morgan fingerprint density at radius 2 is 1.80 bits per heavy atom. The van der Waals surface area contributed by atoms with E-state index in [-0.39, 0.29) is 5.54 Å². The summed E-state index contributed by atoms with van der Waals surface area (Å²) in [5.74, 6) is 1.38. The number of rotatable bonds is 3. The van der Waals surface area contributed by atoms with Crippen LogP contribution in [0.5, 0.6) is 5.88 Å². The SMILES string of the molecule is CC.COc1nccc2c(C)c(-c3ccc(C4(N)CCC4)cc3)oc12. The Morgan fingerprint density at radius 1 is 1.12 bits per heavy atom. The fourth-order valence-electron chi connectivity index (χ4n) is 3.34. The number of nitrogens with two attached hydrogens (primary N) is 1. The molecule has 1 saturated carbocycles. The van der Waals surface area contributed by atoms with E-state index in [0.29, 0.717) is 11.5 Å². The predicted octanol–water partition coefficient (Wildman–Crippen LogP) is 5.18. The maximum absolute atomic E-state index is 6.39. The van der Waals surface area contributed by atoms with Gasteiger partial charge in [0.05, 0.1) is 7.11 Å². The van der Waals surface area contributed by atoms with E-state index >= 15 is 0 Å². The zero-order valence-corrected chi connectivity index (χ0v) is 15.4. The van der Waals surface area contributed by atoms with Gasteiger partial charge in [-0.15, -0.1) is 0 Å². The molecule has 4 nitrogen and oxygen atoms in total. The summed E-state index contributed by atoms with van der Waals surface area (Å²) in [7, 11) is 1.60. The molecule has 2 aromatic heterocycles. The van der Waals surface area contributed by atoms with Gasteiger partial charge in [0.1, 0.15) is 5.76 Å². The van der Waals surface area contributed by atoms with Crippen molar-refractivity contribution in [2.24, 2.45) is 5.73 Å². The number of benzene rings is 1. The monoisotopic (exact) mass is 338 g/mol. The lowest BCUT2D eigenvalue weighted by atomic mass is 9.72. The molecule has 2 heterocycles. The van der Waals surface area contributed by atoms with Gasteiger partial charge in [0.2, 0.25) is 0 Å². The Labute approximate surface area is 149 Å². The number of pyridine rings is 1. The van der Waals surface area contributed by atoms with Crippen LogP contribution in [0.2, 0.25) is 0 Å². The molecule has 0 atom stereocenters. The second kappa shape index (κ2) is 6.89. The first-order valence-electron chi connectivity index (χ1n) is 8.94. The topological polar surface area (TPSA) is 61.3 Å². The van der Waals surface area contributed by atoms with Crippen molar-refractivity contribution < 1.29 is 9.15 Å². The molecule has 0 unspecified atom stereocenters. The second-order valence-corrected chi connectivity index (χ2v) is 6.34. The minimum absolute atomic E-state index is 0.130. The fraction of sp³-hybridized carbons (Fsp3) is 0.381. The summed E-state index contributed by atoms with van der Waals surface area (Å²) in [5, 5.41) is 1.03. The van der Waals surface area contributed by atoms with Gasteiger partial charge in [0, 0.05) is 28.2 Å². The van der Waals surface area contributed by atoms with Gasteiger partial charge < -0.3 is 14.9 Å². The normalized spacial score (nSPS) is 15.2. The van der Waals surface area contributed by atoms with Gasteiger partial charge in [0.25, 0.3) is 5.88 Å². The van der Waals surface area contributed by atoms with Gasteiger partial charge >= 0.3 is 0 Å². The number of aromatic nitrogens is 1. The maximum Gasteiger partial charge on any atom is 0.258 e. The van der Waals surface area contributed by atoms with Crippen molar-refractivity contribution >= 4 is 11.0 Å². The van der Waals surface area contributed by atoms with Crippen molar-refractivity contribution in [1.82, 2.24) is 4.98 Å². The highest BCUT2D eigenvalue weighted by Gasteiger charge is 2.34. The molecule has 0 spiro atoms. The van der Waals surface area contributed by atoms with Gasteiger partial charge in [-0.1, -0.05) is 38.1 Å². The molecule has 3 aromatic rings. The van der Waals surface area contributed by atoms with Crippen LogP contribution in [-0.2, 0) is 5.54 Å². The lowest BCUT2D eigenvalue weighted by Gasteiger charge is -2.38. The Balaban J connectivity index is 0.000000880. The van der Waals surface area contributed by atoms with E-state index < -0.39 is 0 Å². The van der Waals surface area contributed by atoms with Crippen LogP contribution in [0.25, 0.3) is 22.3 Å². The van der Waals surface area contributed by atoms with E-state index in [9.17, 15) is 0 Å². The summed E-state index contributed by atoms with van der Waals surface area (Å²) in [6.07, 6.45) is 5.09. The molecule has 4 heteroatoms. The Hall–Kier alpha value is -2.33.